The molecule has 1 saturated heterocycles. The third-order valence-electron chi connectivity index (χ3n) is 7.71. The van der Waals surface area contributed by atoms with Crippen LogP contribution in [-0.2, 0) is 10.2 Å². The molecule has 0 aromatic heterocycles. The summed E-state index contributed by atoms with van der Waals surface area (Å²) in [5.74, 6) is 0.207. The Morgan fingerprint density at radius 2 is 1.03 bits per heavy atom. The average Bonchev–Trinajstić information content (AvgIpc) is 2.97. The van der Waals surface area contributed by atoms with Crippen LogP contribution in [0.3, 0.4) is 0 Å². The molecule has 4 aromatic rings. The van der Waals surface area contributed by atoms with E-state index in [9.17, 15) is 4.79 Å². The molecule has 0 spiro atoms. The van der Waals surface area contributed by atoms with E-state index >= 15 is 0 Å². The zero-order chi connectivity index (χ0) is 24.8. The van der Waals surface area contributed by atoms with Gasteiger partial charge in [-0.25, -0.2) is 0 Å². The smallest absolute Gasteiger partial charge is 0.224 e. The normalized spacial score (nSPS) is 15.4. The van der Waals surface area contributed by atoms with Crippen molar-refractivity contribution in [3.63, 3.8) is 0 Å². The molecular weight excluding hydrogens is 440 g/mol. The van der Waals surface area contributed by atoms with E-state index in [0.717, 1.165) is 42.9 Å². The van der Waals surface area contributed by atoms with Gasteiger partial charge in [0.2, 0.25) is 5.91 Å². The zero-order valence-corrected chi connectivity index (χ0v) is 21.0. The van der Waals surface area contributed by atoms with Crippen molar-refractivity contribution >= 4 is 5.91 Å². The van der Waals surface area contributed by atoms with Crippen molar-refractivity contribution in [2.75, 3.05) is 26.2 Å². The van der Waals surface area contributed by atoms with Gasteiger partial charge in [-0.3, -0.25) is 9.69 Å². The van der Waals surface area contributed by atoms with E-state index in [1.165, 1.54) is 5.56 Å². The van der Waals surface area contributed by atoms with Gasteiger partial charge in [0.1, 0.15) is 0 Å². The summed E-state index contributed by atoms with van der Waals surface area (Å²) in [7, 11) is 0. The van der Waals surface area contributed by atoms with Gasteiger partial charge in [-0.05, 0) is 29.2 Å². The Morgan fingerprint density at radius 1 is 0.639 bits per heavy atom. The molecule has 1 fully saturated rings. The maximum absolute atomic E-state index is 14.0. The summed E-state index contributed by atoms with van der Waals surface area (Å²) in [5, 5.41) is 0. The van der Waals surface area contributed by atoms with Crippen molar-refractivity contribution in [1.82, 2.24) is 9.80 Å². The predicted molar refractivity (Wildman–Crippen MR) is 147 cm³/mol. The Bertz CT molecular complexity index is 1140. The highest BCUT2D eigenvalue weighted by atomic mass is 16.2. The highest BCUT2D eigenvalue weighted by molar-refractivity contribution is 5.80. The van der Waals surface area contributed by atoms with Crippen LogP contribution in [0, 0.1) is 0 Å². The molecule has 1 amide bonds. The molecule has 0 N–H and O–H groups in total. The van der Waals surface area contributed by atoms with E-state index in [1.807, 2.05) is 18.2 Å². The van der Waals surface area contributed by atoms with Crippen LogP contribution >= 0.6 is 0 Å². The minimum Gasteiger partial charge on any atom is -0.340 e. The minimum atomic E-state index is -0.546. The zero-order valence-electron chi connectivity index (χ0n) is 21.0. The maximum Gasteiger partial charge on any atom is 0.224 e. The summed E-state index contributed by atoms with van der Waals surface area (Å²) >= 11 is 0. The van der Waals surface area contributed by atoms with Gasteiger partial charge in [-0.1, -0.05) is 121 Å². The summed E-state index contributed by atoms with van der Waals surface area (Å²) < 4.78 is 0. The Balaban J connectivity index is 1.43. The van der Waals surface area contributed by atoms with Gasteiger partial charge < -0.3 is 4.90 Å². The Labute approximate surface area is 215 Å². The van der Waals surface area contributed by atoms with Gasteiger partial charge in [0.25, 0.3) is 0 Å². The predicted octanol–water partition coefficient (Wildman–Crippen LogP) is 6.32. The van der Waals surface area contributed by atoms with Crippen LogP contribution in [0.15, 0.2) is 121 Å². The van der Waals surface area contributed by atoms with Gasteiger partial charge >= 0.3 is 0 Å². The molecule has 1 atom stereocenters. The third-order valence-corrected chi connectivity index (χ3v) is 7.71. The SMILES string of the molecule is CC(c1ccccc1)N1CCN(C(=O)CC(c2ccccc2)(c2ccccc2)c2ccccc2)CC1. The van der Waals surface area contributed by atoms with Gasteiger partial charge in [0.15, 0.2) is 0 Å². The molecule has 0 radical (unpaired) electrons. The van der Waals surface area contributed by atoms with Crippen LogP contribution in [0.2, 0.25) is 0 Å². The molecule has 1 unspecified atom stereocenters. The number of hydrogen-bond acceptors (Lipinski definition) is 2. The second-order valence-electron chi connectivity index (χ2n) is 9.68. The standard InChI is InChI=1S/C33H34N2O/c1-27(28-14-6-2-7-15-28)34-22-24-35(25-23-34)32(36)26-33(29-16-8-3-9-17-29,30-18-10-4-11-19-30)31-20-12-5-13-21-31/h2-21,27H,22-26H2,1H3. The lowest BCUT2D eigenvalue weighted by atomic mass is 9.67. The summed E-state index contributed by atoms with van der Waals surface area (Å²) in [6.07, 6.45) is 0.402. The molecule has 1 aliphatic heterocycles. The lowest BCUT2D eigenvalue weighted by Crippen LogP contribution is -2.50. The molecule has 0 bridgehead atoms. The van der Waals surface area contributed by atoms with Crippen LogP contribution in [0.4, 0.5) is 0 Å². The highest BCUT2D eigenvalue weighted by Crippen LogP contribution is 2.42. The van der Waals surface area contributed by atoms with Crippen LogP contribution in [0.5, 0.6) is 0 Å². The number of carbonyl (C=O) groups is 1. The van der Waals surface area contributed by atoms with Gasteiger partial charge in [0, 0.05) is 38.6 Å². The van der Waals surface area contributed by atoms with E-state index in [-0.39, 0.29) is 5.91 Å². The number of piperazine rings is 1. The molecule has 0 saturated carbocycles. The first-order valence-electron chi connectivity index (χ1n) is 12.9. The first-order valence-corrected chi connectivity index (χ1v) is 12.9. The molecule has 36 heavy (non-hydrogen) atoms. The van der Waals surface area contributed by atoms with Crippen molar-refractivity contribution in [2.24, 2.45) is 0 Å². The van der Waals surface area contributed by atoms with Gasteiger partial charge in [-0.15, -0.1) is 0 Å². The molecule has 3 nitrogen and oxygen atoms in total. The largest absolute Gasteiger partial charge is 0.340 e. The molecule has 3 heteroatoms. The molecule has 1 aliphatic rings. The lowest BCUT2D eigenvalue weighted by molar-refractivity contribution is -0.134. The second kappa shape index (κ2) is 10.9. The summed E-state index contributed by atoms with van der Waals surface area (Å²) in [6, 6.07) is 42.5. The minimum absolute atomic E-state index is 0.207. The van der Waals surface area contributed by atoms with Crippen LogP contribution < -0.4 is 0 Å². The Kier molecular flexibility index (Phi) is 7.29. The second-order valence-corrected chi connectivity index (χ2v) is 9.68. The molecule has 1 heterocycles. The summed E-state index contributed by atoms with van der Waals surface area (Å²) in [4.78, 5) is 18.5. The lowest BCUT2D eigenvalue weighted by Gasteiger charge is -2.41. The Hall–Kier alpha value is -3.69. The number of benzene rings is 4. The molecule has 182 valence electrons. The number of hydrogen-bond donors (Lipinski definition) is 0. The number of nitrogens with zero attached hydrogens (tertiary/aromatic N) is 2. The van der Waals surface area contributed by atoms with E-state index < -0.39 is 5.41 Å². The highest BCUT2D eigenvalue weighted by Gasteiger charge is 2.40. The average molecular weight is 475 g/mol. The van der Waals surface area contributed by atoms with E-state index in [1.54, 1.807) is 0 Å². The number of carbonyl (C=O) groups excluding carboxylic acids is 1. The molecule has 5 rings (SSSR count). The molecule has 0 aliphatic carbocycles. The Morgan fingerprint density at radius 3 is 1.44 bits per heavy atom. The van der Waals surface area contributed by atoms with Crippen LogP contribution in [0.1, 0.15) is 41.6 Å². The third kappa shape index (κ3) is 4.84. The fourth-order valence-electron chi connectivity index (χ4n) is 5.61. The fourth-order valence-corrected chi connectivity index (χ4v) is 5.61. The first kappa shape index (κ1) is 24.0. The number of amides is 1. The summed E-state index contributed by atoms with van der Waals surface area (Å²) in [5.41, 5.74) is 4.22. The topological polar surface area (TPSA) is 23.6 Å². The molecule has 4 aromatic carbocycles. The quantitative estimate of drug-likeness (QED) is 0.293. The van der Waals surface area contributed by atoms with Crippen molar-refractivity contribution in [1.29, 1.82) is 0 Å². The van der Waals surface area contributed by atoms with E-state index in [4.69, 9.17) is 0 Å². The maximum atomic E-state index is 14.0. The monoisotopic (exact) mass is 474 g/mol. The van der Waals surface area contributed by atoms with Crippen molar-refractivity contribution in [3.8, 4) is 0 Å². The van der Waals surface area contributed by atoms with Crippen molar-refractivity contribution in [2.45, 2.75) is 24.8 Å². The van der Waals surface area contributed by atoms with Crippen LogP contribution in [-0.4, -0.2) is 41.9 Å². The van der Waals surface area contributed by atoms with Crippen LogP contribution in [0.25, 0.3) is 0 Å². The van der Waals surface area contributed by atoms with Crippen molar-refractivity contribution < 1.29 is 4.79 Å². The van der Waals surface area contributed by atoms with E-state index in [2.05, 4.69) is 120 Å². The van der Waals surface area contributed by atoms with Gasteiger partial charge in [-0.2, -0.15) is 0 Å². The van der Waals surface area contributed by atoms with Gasteiger partial charge in [0.05, 0.1) is 5.41 Å². The first-order chi connectivity index (χ1) is 17.7. The van der Waals surface area contributed by atoms with Crippen molar-refractivity contribution in [3.05, 3.63) is 144 Å². The summed E-state index contributed by atoms with van der Waals surface area (Å²) in [6.45, 7) is 5.54. The fraction of sp³-hybridized carbons (Fsp3) is 0.242. The number of rotatable bonds is 7. The van der Waals surface area contributed by atoms with E-state index in [0.29, 0.717) is 12.5 Å². The molecular formula is C33H34N2O.